The van der Waals surface area contributed by atoms with Gasteiger partial charge in [-0.05, 0) is 35.4 Å². The predicted octanol–water partition coefficient (Wildman–Crippen LogP) is 4.61. The maximum absolute atomic E-state index is 13.3. The summed E-state index contributed by atoms with van der Waals surface area (Å²) in [7, 11) is 0. The quantitative estimate of drug-likeness (QED) is 0.787. The molecular weight excluding hydrogens is 352 g/mol. The standard InChI is InChI=1S/C16H13F6NO2/c17-15(18,19)14-9-11(24-7-6-23)4-5-13(14)10-2-1-3-12(8-10)25-16(20,21)22/h1-5,8-9H,6-7,23H2. The van der Waals surface area contributed by atoms with Crippen LogP contribution in [-0.2, 0) is 6.18 Å². The number of halogens is 6. The molecule has 0 fully saturated rings. The number of nitrogens with two attached hydrogens (primary N) is 1. The van der Waals surface area contributed by atoms with Crippen molar-refractivity contribution in [2.75, 3.05) is 13.2 Å². The lowest BCUT2D eigenvalue weighted by molar-refractivity contribution is -0.274. The highest BCUT2D eigenvalue weighted by Gasteiger charge is 2.35. The van der Waals surface area contributed by atoms with E-state index in [1.165, 1.54) is 18.2 Å². The monoisotopic (exact) mass is 365 g/mol. The maximum Gasteiger partial charge on any atom is 0.573 e. The average molecular weight is 365 g/mol. The Kier molecular flexibility index (Phi) is 5.46. The third-order valence-electron chi connectivity index (χ3n) is 3.06. The third-order valence-corrected chi connectivity index (χ3v) is 3.06. The van der Waals surface area contributed by atoms with E-state index in [9.17, 15) is 26.3 Å². The molecule has 3 nitrogen and oxygen atoms in total. The first-order valence-electron chi connectivity index (χ1n) is 7.00. The first kappa shape index (κ1) is 18.9. The molecule has 2 N–H and O–H groups in total. The summed E-state index contributed by atoms with van der Waals surface area (Å²) in [6, 6.07) is 7.52. The van der Waals surface area contributed by atoms with E-state index in [4.69, 9.17) is 10.5 Å². The summed E-state index contributed by atoms with van der Waals surface area (Å²) in [5, 5.41) is 0. The van der Waals surface area contributed by atoms with E-state index in [2.05, 4.69) is 4.74 Å². The molecule has 0 saturated heterocycles. The average Bonchev–Trinajstić information content (AvgIpc) is 2.50. The Bertz CT molecular complexity index is 727. The molecule has 0 aromatic heterocycles. The number of hydrogen-bond acceptors (Lipinski definition) is 3. The zero-order valence-electron chi connectivity index (χ0n) is 12.6. The molecule has 2 rings (SSSR count). The van der Waals surface area contributed by atoms with Crippen molar-refractivity contribution in [1.29, 1.82) is 0 Å². The van der Waals surface area contributed by atoms with Crippen molar-refractivity contribution in [2.24, 2.45) is 5.73 Å². The molecule has 0 atom stereocenters. The minimum absolute atomic E-state index is 0.0333. The van der Waals surface area contributed by atoms with Crippen LogP contribution in [-0.4, -0.2) is 19.5 Å². The molecule has 136 valence electrons. The van der Waals surface area contributed by atoms with Gasteiger partial charge in [-0.1, -0.05) is 18.2 Å². The molecule has 0 heterocycles. The van der Waals surface area contributed by atoms with Crippen LogP contribution in [0.25, 0.3) is 11.1 Å². The zero-order chi connectivity index (χ0) is 18.7. The van der Waals surface area contributed by atoms with Crippen LogP contribution >= 0.6 is 0 Å². The molecule has 0 spiro atoms. The van der Waals surface area contributed by atoms with Gasteiger partial charge in [0, 0.05) is 6.54 Å². The lowest BCUT2D eigenvalue weighted by Gasteiger charge is -2.16. The van der Waals surface area contributed by atoms with Crippen molar-refractivity contribution in [3.8, 4) is 22.6 Å². The van der Waals surface area contributed by atoms with E-state index in [0.29, 0.717) is 0 Å². The minimum atomic E-state index is -4.94. The largest absolute Gasteiger partial charge is 0.573 e. The summed E-state index contributed by atoms with van der Waals surface area (Å²) in [5.74, 6) is -0.647. The summed E-state index contributed by atoms with van der Waals surface area (Å²) < 4.78 is 85.6. The lowest BCUT2D eigenvalue weighted by Crippen LogP contribution is -2.17. The molecule has 0 radical (unpaired) electrons. The highest BCUT2D eigenvalue weighted by molar-refractivity contribution is 5.70. The maximum atomic E-state index is 13.3. The fourth-order valence-corrected chi connectivity index (χ4v) is 2.14. The van der Waals surface area contributed by atoms with E-state index in [1.54, 1.807) is 0 Å². The van der Waals surface area contributed by atoms with Crippen LogP contribution in [0.1, 0.15) is 5.56 Å². The Balaban J connectivity index is 2.46. The molecule has 2 aromatic carbocycles. The smallest absolute Gasteiger partial charge is 0.492 e. The van der Waals surface area contributed by atoms with Crippen LogP contribution in [0.5, 0.6) is 11.5 Å². The van der Waals surface area contributed by atoms with E-state index in [0.717, 1.165) is 24.3 Å². The lowest BCUT2D eigenvalue weighted by atomic mass is 9.98. The van der Waals surface area contributed by atoms with Gasteiger partial charge in [0.15, 0.2) is 0 Å². The van der Waals surface area contributed by atoms with E-state index in [1.807, 2.05) is 0 Å². The molecule has 9 heteroatoms. The van der Waals surface area contributed by atoms with Gasteiger partial charge in [-0.2, -0.15) is 13.2 Å². The van der Waals surface area contributed by atoms with Gasteiger partial charge in [0.05, 0.1) is 5.56 Å². The SMILES string of the molecule is NCCOc1ccc(-c2cccc(OC(F)(F)F)c2)c(C(F)(F)F)c1. The van der Waals surface area contributed by atoms with Crippen molar-refractivity contribution >= 4 is 0 Å². The third kappa shape index (κ3) is 5.28. The molecule has 0 aliphatic rings. The van der Waals surface area contributed by atoms with Crippen molar-refractivity contribution in [3.05, 3.63) is 48.0 Å². The Morgan fingerprint density at radius 2 is 1.60 bits per heavy atom. The number of ether oxygens (including phenoxy) is 2. The summed E-state index contributed by atoms with van der Waals surface area (Å²) >= 11 is 0. The molecule has 25 heavy (non-hydrogen) atoms. The first-order chi connectivity index (χ1) is 11.6. The van der Waals surface area contributed by atoms with Crippen molar-refractivity contribution in [2.45, 2.75) is 12.5 Å². The Morgan fingerprint density at radius 3 is 2.20 bits per heavy atom. The Labute approximate surface area is 139 Å². The van der Waals surface area contributed by atoms with Gasteiger partial charge in [-0.3, -0.25) is 0 Å². The molecular formula is C16H13F6NO2. The number of rotatable bonds is 5. The van der Waals surface area contributed by atoms with E-state index < -0.39 is 23.9 Å². The molecule has 0 bridgehead atoms. The fourth-order valence-electron chi connectivity index (χ4n) is 2.14. The molecule has 0 saturated carbocycles. The summed E-state index contributed by atoms with van der Waals surface area (Å²) in [5.41, 5.74) is 3.84. The van der Waals surface area contributed by atoms with Crippen LogP contribution in [0.3, 0.4) is 0 Å². The first-order valence-corrected chi connectivity index (χ1v) is 7.00. The normalized spacial score (nSPS) is 12.1. The number of alkyl halides is 6. The number of benzene rings is 2. The highest BCUT2D eigenvalue weighted by atomic mass is 19.4. The van der Waals surface area contributed by atoms with Gasteiger partial charge in [0.2, 0.25) is 0 Å². The van der Waals surface area contributed by atoms with Crippen LogP contribution in [0.4, 0.5) is 26.3 Å². The van der Waals surface area contributed by atoms with Crippen molar-refractivity contribution in [3.63, 3.8) is 0 Å². The van der Waals surface area contributed by atoms with Gasteiger partial charge in [-0.25, -0.2) is 0 Å². The Hall–Kier alpha value is -2.42. The zero-order valence-corrected chi connectivity index (χ0v) is 12.6. The van der Waals surface area contributed by atoms with Gasteiger partial charge in [0.25, 0.3) is 0 Å². The second kappa shape index (κ2) is 7.22. The van der Waals surface area contributed by atoms with Crippen molar-refractivity contribution < 1.29 is 35.8 Å². The van der Waals surface area contributed by atoms with Crippen LogP contribution in [0, 0.1) is 0 Å². The highest BCUT2D eigenvalue weighted by Crippen LogP contribution is 2.40. The van der Waals surface area contributed by atoms with Crippen LogP contribution in [0.2, 0.25) is 0 Å². The van der Waals surface area contributed by atoms with Gasteiger partial charge in [0.1, 0.15) is 18.1 Å². The molecule has 2 aromatic rings. The summed E-state index contributed by atoms with van der Waals surface area (Å²) in [6.45, 7) is 0.158. The second-order valence-corrected chi connectivity index (χ2v) is 4.92. The van der Waals surface area contributed by atoms with E-state index in [-0.39, 0.29) is 30.0 Å². The van der Waals surface area contributed by atoms with Crippen molar-refractivity contribution in [1.82, 2.24) is 0 Å². The second-order valence-electron chi connectivity index (χ2n) is 4.92. The summed E-state index contributed by atoms with van der Waals surface area (Å²) in [6.07, 6.45) is -9.66. The predicted molar refractivity (Wildman–Crippen MR) is 78.1 cm³/mol. The molecule has 0 aliphatic heterocycles. The van der Waals surface area contributed by atoms with Gasteiger partial charge in [-0.15, -0.1) is 13.2 Å². The van der Waals surface area contributed by atoms with Gasteiger partial charge < -0.3 is 15.2 Å². The van der Waals surface area contributed by atoms with Crippen LogP contribution < -0.4 is 15.2 Å². The fraction of sp³-hybridized carbons (Fsp3) is 0.250. The van der Waals surface area contributed by atoms with Gasteiger partial charge >= 0.3 is 12.5 Å². The summed E-state index contributed by atoms with van der Waals surface area (Å²) in [4.78, 5) is 0. The number of hydrogen-bond donors (Lipinski definition) is 1. The molecule has 0 unspecified atom stereocenters. The molecule has 0 amide bonds. The van der Waals surface area contributed by atoms with Crippen LogP contribution in [0.15, 0.2) is 42.5 Å². The minimum Gasteiger partial charge on any atom is -0.492 e. The molecule has 0 aliphatic carbocycles. The Morgan fingerprint density at radius 1 is 0.880 bits per heavy atom. The topological polar surface area (TPSA) is 44.5 Å². The van der Waals surface area contributed by atoms with E-state index >= 15 is 0 Å².